The van der Waals surface area contributed by atoms with Gasteiger partial charge in [0.1, 0.15) is 11.0 Å². The Kier molecular flexibility index (Phi) is 5.17. The molecule has 7 nitrogen and oxygen atoms in total. The molecule has 31 heavy (non-hydrogen) atoms. The van der Waals surface area contributed by atoms with Crippen LogP contribution < -0.4 is 5.32 Å². The van der Waals surface area contributed by atoms with E-state index in [4.69, 9.17) is 0 Å². The fourth-order valence-electron chi connectivity index (χ4n) is 5.18. The number of aryl methyl sites for hydroxylation is 1. The number of carbonyl (C=O) groups is 3. The lowest BCUT2D eigenvalue weighted by Gasteiger charge is -2.26. The standard InChI is InChI=1S/C23H24N4O3S/c1-2-6-17-25-26-23(31-17)24-20(28)16(11-13-7-4-3-5-8-13)27-21(29)18-14-9-10-15(12-14)19(18)22(27)30/h3-5,7-10,14-16,18-19H,2,6,11-12H2,1H3,(H,24,26,28)/t14-,15-,16-,18-,19-/m0/s1. The maximum Gasteiger partial charge on any atom is 0.249 e. The molecule has 1 aliphatic heterocycles. The lowest BCUT2D eigenvalue weighted by molar-refractivity contribution is -0.147. The Hall–Kier alpha value is -2.87. The zero-order valence-corrected chi connectivity index (χ0v) is 18.0. The first kappa shape index (κ1) is 20.1. The van der Waals surface area contributed by atoms with Crippen molar-refractivity contribution in [2.45, 2.75) is 38.6 Å². The first-order valence-electron chi connectivity index (χ1n) is 10.8. The van der Waals surface area contributed by atoms with Gasteiger partial charge in [0.05, 0.1) is 11.8 Å². The van der Waals surface area contributed by atoms with E-state index in [0.717, 1.165) is 29.8 Å². The number of carbonyl (C=O) groups excluding carboxylic acids is 3. The molecule has 2 aliphatic carbocycles. The van der Waals surface area contributed by atoms with Crippen LogP contribution in [-0.4, -0.2) is 38.9 Å². The second kappa shape index (κ2) is 8.00. The lowest BCUT2D eigenvalue weighted by atomic mass is 9.85. The largest absolute Gasteiger partial charge is 0.299 e. The van der Waals surface area contributed by atoms with Gasteiger partial charge in [-0.05, 0) is 30.2 Å². The van der Waals surface area contributed by atoms with E-state index in [-0.39, 0.29) is 41.9 Å². The van der Waals surface area contributed by atoms with Crippen LogP contribution in [0.1, 0.15) is 30.3 Å². The molecule has 2 bridgehead atoms. The van der Waals surface area contributed by atoms with E-state index < -0.39 is 11.9 Å². The Bertz CT molecular complexity index is 1020. The molecule has 2 heterocycles. The van der Waals surface area contributed by atoms with Crippen molar-refractivity contribution in [3.63, 3.8) is 0 Å². The predicted octanol–water partition coefficient (Wildman–Crippen LogP) is 2.85. The topological polar surface area (TPSA) is 92.3 Å². The normalized spacial score (nSPS) is 27.1. The number of rotatable bonds is 7. The Morgan fingerprint density at radius 3 is 2.45 bits per heavy atom. The summed E-state index contributed by atoms with van der Waals surface area (Å²) in [6, 6.07) is 8.57. The predicted molar refractivity (Wildman–Crippen MR) is 116 cm³/mol. The molecular weight excluding hydrogens is 412 g/mol. The van der Waals surface area contributed by atoms with Gasteiger partial charge >= 0.3 is 0 Å². The Morgan fingerprint density at radius 1 is 1.13 bits per heavy atom. The van der Waals surface area contributed by atoms with Crippen molar-refractivity contribution < 1.29 is 14.4 Å². The number of allylic oxidation sites excluding steroid dienone is 2. The van der Waals surface area contributed by atoms with Gasteiger partial charge in [-0.15, -0.1) is 10.2 Å². The monoisotopic (exact) mass is 436 g/mol. The second-order valence-corrected chi connectivity index (χ2v) is 9.55. The molecule has 1 aromatic heterocycles. The zero-order valence-electron chi connectivity index (χ0n) is 17.2. The van der Waals surface area contributed by atoms with E-state index >= 15 is 0 Å². The number of likely N-dealkylation sites (tertiary alicyclic amines) is 1. The van der Waals surface area contributed by atoms with Crippen molar-refractivity contribution in [2.75, 3.05) is 5.32 Å². The van der Waals surface area contributed by atoms with E-state index in [0.29, 0.717) is 5.13 Å². The van der Waals surface area contributed by atoms with Crippen LogP contribution in [0.15, 0.2) is 42.5 Å². The SMILES string of the molecule is CCCc1nnc(NC(=O)[C@H](Cc2ccccc2)N2C(=O)[C@@H]3[C@@H](C2=O)[C@H]2C=C[C@H]3C2)s1. The number of nitrogens with one attached hydrogen (secondary N) is 1. The van der Waals surface area contributed by atoms with E-state index in [1.165, 1.54) is 16.2 Å². The highest BCUT2D eigenvalue weighted by atomic mass is 32.1. The summed E-state index contributed by atoms with van der Waals surface area (Å²) in [6.07, 6.45) is 6.99. The average Bonchev–Trinajstić information content (AvgIpc) is 3.53. The molecule has 160 valence electrons. The van der Waals surface area contributed by atoms with E-state index in [9.17, 15) is 14.4 Å². The molecular formula is C23H24N4O3S. The zero-order chi connectivity index (χ0) is 21.5. The summed E-state index contributed by atoms with van der Waals surface area (Å²) in [4.78, 5) is 41.2. The van der Waals surface area contributed by atoms with Gasteiger partial charge in [-0.1, -0.05) is 60.7 Å². The van der Waals surface area contributed by atoms with Crippen LogP contribution in [-0.2, 0) is 27.2 Å². The van der Waals surface area contributed by atoms with Crippen LogP contribution >= 0.6 is 11.3 Å². The Morgan fingerprint density at radius 2 is 1.81 bits per heavy atom. The molecule has 0 spiro atoms. The summed E-state index contributed by atoms with van der Waals surface area (Å²) in [5.41, 5.74) is 0.894. The molecule has 1 saturated heterocycles. The fourth-order valence-corrected chi connectivity index (χ4v) is 6.02. The van der Waals surface area contributed by atoms with E-state index in [1.54, 1.807) is 0 Å². The van der Waals surface area contributed by atoms with Crippen LogP contribution in [0.5, 0.6) is 0 Å². The van der Waals surface area contributed by atoms with Crippen molar-refractivity contribution in [3.8, 4) is 0 Å². The summed E-state index contributed by atoms with van der Waals surface area (Å²) in [5, 5.41) is 12.2. The fraction of sp³-hybridized carbons (Fsp3) is 0.435. The van der Waals surface area contributed by atoms with Crippen LogP contribution in [0.25, 0.3) is 0 Å². The molecule has 2 fully saturated rings. The Balaban J connectivity index is 1.42. The molecule has 1 aromatic carbocycles. The third kappa shape index (κ3) is 3.48. The van der Waals surface area contributed by atoms with Gasteiger partial charge in [-0.3, -0.25) is 24.6 Å². The molecule has 3 amide bonds. The highest BCUT2D eigenvalue weighted by molar-refractivity contribution is 7.15. The van der Waals surface area contributed by atoms with Crippen molar-refractivity contribution >= 4 is 34.2 Å². The van der Waals surface area contributed by atoms with Crippen LogP contribution in [0, 0.1) is 23.7 Å². The first-order chi connectivity index (χ1) is 15.1. The van der Waals surface area contributed by atoms with Crippen molar-refractivity contribution in [2.24, 2.45) is 23.7 Å². The van der Waals surface area contributed by atoms with Crippen LogP contribution in [0.2, 0.25) is 0 Å². The smallest absolute Gasteiger partial charge is 0.249 e. The highest BCUT2D eigenvalue weighted by Gasteiger charge is 2.61. The van der Waals surface area contributed by atoms with Gasteiger partial charge in [0.15, 0.2) is 0 Å². The quantitative estimate of drug-likeness (QED) is 0.532. The number of fused-ring (bicyclic) bond motifs is 5. The Labute approximate surface area is 184 Å². The molecule has 8 heteroatoms. The number of aromatic nitrogens is 2. The minimum atomic E-state index is -0.911. The molecule has 3 aliphatic rings. The molecule has 5 atom stereocenters. The summed E-state index contributed by atoms with van der Waals surface area (Å²) >= 11 is 1.33. The number of benzene rings is 1. The molecule has 0 unspecified atom stereocenters. The third-order valence-corrected chi connectivity index (χ3v) is 7.45. The minimum absolute atomic E-state index is 0.108. The first-order valence-corrected chi connectivity index (χ1v) is 11.6. The highest BCUT2D eigenvalue weighted by Crippen LogP contribution is 2.53. The number of imide groups is 1. The maximum absolute atomic E-state index is 13.3. The van der Waals surface area contributed by atoms with Crippen LogP contribution in [0.3, 0.4) is 0 Å². The summed E-state index contributed by atoms with van der Waals surface area (Å²) in [7, 11) is 0. The lowest BCUT2D eigenvalue weighted by Crippen LogP contribution is -2.49. The van der Waals surface area contributed by atoms with E-state index in [2.05, 4.69) is 34.6 Å². The molecule has 5 rings (SSSR count). The van der Waals surface area contributed by atoms with Crippen molar-refractivity contribution in [1.29, 1.82) is 0 Å². The van der Waals surface area contributed by atoms with Gasteiger partial charge < -0.3 is 0 Å². The number of nitrogens with zero attached hydrogens (tertiary/aromatic N) is 3. The van der Waals surface area contributed by atoms with Gasteiger partial charge in [-0.25, -0.2) is 0 Å². The third-order valence-electron chi connectivity index (χ3n) is 6.55. The second-order valence-electron chi connectivity index (χ2n) is 8.49. The summed E-state index contributed by atoms with van der Waals surface area (Å²) < 4.78 is 0. The number of hydrogen-bond acceptors (Lipinski definition) is 6. The van der Waals surface area contributed by atoms with Crippen molar-refractivity contribution in [1.82, 2.24) is 15.1 Å². The molecule has 1 N–H and O–H groups in total. The average molecular weight is 437 g/mol. The molecule has 0 radical (unpaired) electrons. The molecule has 1 saturated carbocycles. The van der Waals surface area contributed by atoms with Gasteiger partial charge in [-0.2, -0.15) is 0 Å². The number of hydrogen-bond donors (Lipinski definition) is 1. The minimum Gasteiger partial charge on any atom is -0.299 e. The van der Waals surface area contributed by atoms with Crippen molar-refractivity contribution in [3.05, 3.63) is 53.1 Å². The van der Waals surface area contributed by atoms with Crippen LogP contribution in [0.4, 0.5) is 5.13 Å². The van der Waals surface area contributed by atoms with Gasteiger partial charge in [0.2, 0.25) is 22.9 Å². The summed E-state index contributed by atoms with van der Waals surface area (Å²) in [5.74, 6) is -1.27. The van der Waals surface area contributed by atoms with Gasteiger partial charge in [0.25, 0.3) is 0 Å². The van der Waals surface area contributed by atoms with Gasteiger partial charge in [0, 0.05) is 12.8 Å². The van der Waals surface area contributed by atoms with E-state index in [1.807, 2.05) is 30.3 Å². The molecule has 2 aromatic rings. The summed E-state index contributed by atoms with van der Waals surface area (Å²) in [6.45, 7) is 2.05. The number of amides is 3. The number of anilines is 1. The maximum atomic E-state index is 13.3.